The molecule has 0 saturated carbocycles. The monoisotopic (exact) mass is 376 g/mol. The average molecular weight is 376 g/mol. The van der Waals surface area contributed by atoms with E-state index in [1.165, 1.54) is 27.0 Å². The standard InChI is InChI=1S/C15H21FN2O4S2/c1-23(19,20)18-11-3-9-15(18)8-2-10-17(12-15)24(21,22)14-6-4-13(16)5-7-14/h4-7H,2-3,8-12H2,1H3/t15-/m1/s1. The highest BCUT2D eigenvalue weighted by atomic mass is 32.2. The van der Waals surface area contributed by atoms with E-state index in [-0.39, 0.29) is 11.4 Å². The van der Waals surface area contributed by atoms with E-state index in [0.717, 1.165) is 18.6 Å². The molecule has 134 valence electrons. The predicted molar refractivity (Wildman–Crippen MR) is 87.9 cm³/mol. The molecule has 1 spiro atoms. The van der Waals surface area contributed by atoms with Crippen molar-refractivity contribution in [1.29, 1.82) is 0 Å². The average Bonchev–Trinajstić information content (AvgIpc) is 2.91. The van der Waals surface area contributed by atoms with Crippen molar-refractivity contribution < 1.29 is 21.2 Å². The molecule has 2 saturated heterocycles. The molecule has 9 heteroatoms. The van der Waals surface area contributed by atoms with E-state index in [4.69, 9.17) is 0 Å². The highest BCUT2D eigenvalue weighted by molar-refractivity contribution is 7.89. The topological polar surface area (TPSA) is 74.8 Å². The third-order valence-corrected chi connectivity index (χ3v) is 8.13. The molecule has 3 rings (SSSR count). The lowest BCUT2D eigenvalue weighted by Gasteiger charge is -2.44. The molecule has 0 aliphatic carbocycles. The van der Waals surface area contributed by atoms with Crippen LogP contribution in [0.5, 0.6) is 0 Å². The van der Waals surface area contributed by atoms with Gasteiger partial charge >= 0.3 is 0 Å². The van der Waals surface area contributed by atoms with Crippen LogP contribution in [0.3, 0.4) is 0 Å². The minimum absolute atomic E-state index is 0.0323. The summed E-state index contributed by atoms with van der Waals surface area (Å²) in [5.41, 5.74) is -0.654. The first-order valence-corrected chi connectivity index (χ1v) is 11.2. The van der Waals surface area contributed by atoms with Gasteiger partial charge in [-0.15, -0.1) is 0 Å². The van der Waals surface area contributed by atoms with Gasteiger partial charge in [-0.25, -0.2) is 21.2 Å². The smallest absolute Gasteiger partial charge is 0.212 e. The third kappa shape index (κ3) is 3.10. The van der Waals surface area contributed by atoms with Crippen molar-refractivity contribution in [2.24, 2.45) is 0 Å². The zero-order chi connectivity index (χ0) is 17.6. The minimum Gasteiger partial charge on any atom is -0.212 e. The maximum absolute atomic E-state index is 13.1. The Kier molecular flexibility index (Phi) is 4.48. The molecule has 0 amide bonds. The van der Waals surface area contributed by atoms with Gasteiger partial charge in [-0.05, 0) is 49.9 Å². The van der Waals surface area contributed by atoms with Crippen LogP contribution in [0, 0.1) is 5.82 Å². The molecule has 0 radical (unpaired) electrons. The largest absolute Gasteiger partial charge is 0.243 e. The Hall–Kier alpha value is -1.03. The van der Waals surface area contributed by atoms with Crippen LogP contribution in [0.1, 0.15) is 25.7 Å². The van der Waals surface area contributed by atoms with Crippen molar-refractivity contribution in [3.8, 4) is 0 Å². The molecule has 24 heavy (non-hydrogen) atoms. The number of hydrogen-bond acceptors (Lipinski definition) is 4. The van der Waals surface area contributed by atoms with Crippen molar-refractivity contribution >= 4 is 20.0 Å². The molecule has 2 heterocycles. The molecule has 0 unspecified atom stereocenters. The third-order valence-electron chi connectivity index (χ3n) is 4.90. The van der Waals surface area contributed by atoms with Gasteiger partial charge in [0.15, 0.2) is 0 Å². The molecule has 6 nitrogen and oxygen atoms in total. The number of nitrogens with zero attached hydrogens (tertiary/aromatic N) is 2. The van der Waals surface area contributed by atoms with Crippen molar-refractivity contribution in [1.82, 2.24) is 8.61 Å². The second-order valence-corrected chi connectivity index (χ2v) is 10.4. The fourth-order valence-corrected chi connectivity index (χ4v) is 6.83. The molecular formula is C15H21FN2O4S2. The lowest BCUT2D eigenvalue weighted by molar-refractivity contribution is 0.138. The molecular weight excluding hydrogens is 355 g/mol. The zero-order valence-electron chi connectivity index (χ0n) is 13.5. The maximum Gasteiger partial charge on any atom is 0.243 e. The van der Waals surface area contributed by atoms with Crippen LogP contribution in [-0.2, 0) is 20.0 Å². The van der Waals surface area contributed by atoms with E-state index < -0.39 is 31.4 Å². The molecule has 1 aromatic carbocycles. The van der Waals surface area contributed by atoms with Crippen molar-refractivity contribution in [2.75, 3.05) is 25.9 Å². The first kappa shape index (κ1) is 17.8. The summed E-state index contributed by atoms with van der Waals surface area (Å²) in [6, 6.07) is 4.72. The number of rotatable bonds is 3. The summed E-state index contributed by atoms with van der Waals surface area (Å²) in [4.78, 5) is 0.0323. The summed E-state index contributed by atoms with van der Waals surface area (Å²) in [6.07, 6.45) is 3.84. The predicted octanol–water partition coefficient (Wildman–Crippen LogP) is 1.40. The molecule has 0 N–H and O–H groups in total. The summed E-state index contributed by atoms with van der Waals surface area (Å²) in [6.45, 7) is 0.933. The van der Waals surface area contributed by atoms with Crippen LogP contribution in [-0.4, -0.2) is 56.9 Å². The molecule has 1 atom stereocenters. The summed E-state index contributed by atoms with van der Waals surface area (Å²) in [7, 11) is -7.15. The number of sulfonamides is 2. The van der Waals surface area contributed by atoms with Gasteiger partial charge in [0.1, 0.15) is 5.82 Å². The summed E-state index contributed by atoms with van der Waals surface area (Å²) in [5, 5.41) is 0. The van der Waals surface area contributed by atoms with Gasteiger partial charge < -0.3 is 0 Å². The Morgan fingerprint density at radius 2 is 1.58 bits per heavy atom. The van der Waals surface area contributed by atoms with Crippen molar-refractivity contribution in [3.63, 3.8) is 0 Å². The normalized spacial score (nSPS) is 26.9. The Balaban J connectivity index is 1.92. The fraction of sp³-hybridized carbons (Fsp3) is 0.600. The highest BCUT2D eigenvalue weighted by Crippen LogP contribution is 2.40. The van der Waals surface area contributed by atoms with Crippen LogP contribution in [0.2, 0.25) is 0 Å². The molecule has 1 aromatic rings. The maximum atomic E-state index is 13.1. The van der Waals surface area contributed by atoms with E-state index in [9.17, 15) is 21.2 Å². The molecule has 2 fully saturated rings. The first-order chi connectivity index (χ1) is 11.2. The van der Waals surface area contributed by atoms with Gasteiger partial charge in [0.25, 0.3) is 0 Å². The van der Waals surface area contributed by atoms with Gasteiger partial charge in [0.05, 0.1) is 11.2 Å². The second-order valence-electron chi connectivity index (χ2n) is 6.56. The van der Waals surface area contributed by atoms with Gasteiger partial charge in [0.2, 0.25) is 20.0 Å². The molecule has 0 bridgehead atoms. The number of halogens is 1. The van der Waals surface area contributed by atoms with Crippen LogP contribution in [0.25, 0.3) is 0 Å². The Morgan fingerprint density at radius 3 is 2.17 bits per heavy atom. The Bertz CT molecular complexity index is 824. The van der Waals surface area contributed by atoms with Crippen molar-refractivity contribution in [2.45, 2.75) is 36.1 Å². The van der Waals surface area contributed by atoms with Crippen LogP contribution in [0.4, 0.5) is 4.39 Å². The Labute approximate surface area is 142 Å². The molecule has 0 aromatic heterocycles. The second kappa shape index (κ2) is 6.05. The number of piperidine rings is 1. The van der Waals surface area contributed by atoms with Gasteiger partial charge in [0, 0.05) is 25.2 Å². The quantitative estimate of drug-likeness (QED) is 0.799. The summed E-state index contributed by atoms with van der Waals surface area (Å²) >= 11 is 0. The fourth-order valence-electron chi connectivity index (χ4n) is 3.87. The van der Waals surface area contributed by atoms with E-state index in [2.05, 4.69) is 0 Å². The van der Waals surface area contributed by atoms with Crippen LogP contribution < -0.4 is 0 Å². The minimum atomic E-state index is -3.77. The van der Waals surface area contributed by atoms with E-state index in [0.29, 0.717) is 32.4 Å². The van der Waals surface area contributed by atoms with Gasteiger partial charge in [-0.2, -0.15) is 8.61 Å². The number of hydrogen-bond donors (Lipinski definition) is 0. The number of benzene rings is 1. The van der Waals surface area contributed by atoms with Crippen LogP contribution in [0.15, 0.2) is 29.2 Å². The van der Waals surface area contributed by atoms with E-state index in [1.807, 2.05) is 0 Å². The highest BCUT2D eigenvalue weighted by Gasteiger charge is 2.49. The SMILES string of the molecule is CS(=O)(=O)N1CCC[C@@]12CCCN(S(=O)(=O)c1ccc(F)cc1)C2. The summed E-state index contributed by atoms with van der Waals surface area (Å²) in [5.74, 6) is -0.497. The van der Waals surface area contributed by atoms with E-state index in [1.54, 1.807) is 0 Å². The lowest BCUT2D eigenvalue weighted by atomic mass is 9.89. The first-order valence-electron chi connectivity index (χ1n) is 7.89. The van der Waals surface area contributed by atoms with E-state index >= 15 is 0 Å². The van der Waals surface area contributed by atoms with Crippen LogP contribution >= 0.6 is 0 Å². The molecule has 2 aliphatic rings. The zero-order valence-corrected chi connectivity index (χ0v) is 15.1. The lowest BCUT2D eigenvalue weighted by Crippen LogP contribution is -2.58. The van der Waals surface area contributed by atoms with Gasteiger partial charge in [-0.1, -0.05) is 0 Å². The summed E-state index contributed by atoms with van der Waals surface area (Å²) < 4.78 is 65.7. The van der Waals surface area contributed by atoms with Crippen molar-refractivity contribution in [3.05, 3.63) is 30.1 Å². The van der Waals surface area contributed by atoms with Gasteiger partial charge in [-0.3, -0.25) is 0 Å². The molecule has 2 aliphatic heterocycles. The Morgan fingerprint density at radius 1 is 1.00 bits per heavy atom.